The fourth-order valence-corrected chi connectivity index (χ4v) is 2.61. The summed E-state index contributed by atoms with van der Waals surface area (Å²) in [6, 6.07) is 6.70. The van der Waals surface area contributed by atoms with Crippen LogP contribution in [0.2, 0.25) is 0 Å². The number of aromatic nitrogens is 3. The van der Waals surface area contributed by atoms with Crippen LogP contribution in [-0.2, 0) is 0 Å². The number of nitrogens with two attached hydrogens (primary N) is 1. The van der Waals surface area contributed by atoms with Crippen LogP contribution >= 0.6 is 0 Å². The van der Waals surface area contributed by atoms with Gasteiger partial charge in [0.05, 0.1) is 0 Å². The SMILES string of the molecule is Cc1ccc(C)c(-c2nc(N3CCC(N)CC3)n[nH]2)c1. The molecule has 3 N–H and O–H groups in total. The summed E-state index contributed by atoms with van der Waals surface area (Å²) in [5.41, 5.74) is 9.49. The summed E-state index contributed by atoms with van der Waals surface area (Å²) in [6.45, 7) is 6.06. The molecule has 0 amide bonds. The molecule has 1 aliphatic rings. The molecule has 1 fully saturated rings. The van der Waals surface area contributed by atoms with Crippen molar-refractivity contribution in [1.82, 2.24) is 15.2 Å². The molecule has 2 heterocycles. The second-order valence-electron chi connectivity index (χ2n) is 5.63. The zero-order valence-electron chi connectivity index (χ0n) is 12.1. The average Bonchev–Trinajstić information content (AvgIpc) is 2.92. The molecular weight excluding hydrogens is 250 g/mol. The van der Waals surface area contributed by atoms with Gasteiger partial charge in [-0.05, 0) is 38.3 Å². The van der Waals surface area contributed by atoms with Crippen molar-refractivity contribution in [2.45, 2.75) is 32.7 Å². The molecule has 3 rings (SSSR count). The molecule has 5 heteroatoms. The lowest BCUT2D eigenvalue weighted by molar-refractivity contribution is 0.496. The molecule has 1 aliphatic heterocycles. The maximum Gasteiger partial charge on any atom is 0.245 e. The van der Waals surface area contributed by atoms with Gasteiger partial charge in [-0.25, -0.2) is 0 Å². The third-order valence-electron chi connectivity index (χ3n) is 3.94. The van der Waals surface area contributed by atoms with Gasteiger partial charge in [0.1, 0.15) is 0 Å². The molecule has 20 heavy (non-hydrogen) atoms. The van der Waals surface area contributed by atoms with Crippen molar-refractivity contribution in [3.63, 3.8) is 0 Å². The lowest BCUT2D eigenvalue weighted by Gasteiger charge is -2.28. The molecular formula is C15H21N5. The van der Waals surface area contributed by atoms with E-state index in [9.17, 15) is 0 Å². The van der Waals surface area contributed by atoms with Crippen LogP contribution in [0.1, 0.15) is 24.0 Å². The Labute approximate surface area is 119 Å². The number of anilines is 1. The minimum absolute atomic E-state index is 0.323. The normalized spacial score (nSPS) is 16.6. The Hall–Kier alpha value is -1.88. The summed E-state index contributed by atoms with van der Waals surface area (Å²) in [6.07, 6.45) is 2.01. The van der Waals surface area contributed by atoms with E-state index in [0.29, 0.717) is 6.04 Å². The molecule has 0 spiro atoms. The topological polar surface area (TPSA) is 70.8 Å². The van der Waals surface area contributed by atoms with Crippen LogP contribution in [0.4, 0.5) is 5.95 Å². The first kappa shape index (κ1) is 13.1. The lowest BCUT2D eigenvalue weighted by Crippen LogP contribution is -2.40. The van der Waals surface area contributed by atoms with Crippen LogP contribution in [0, 0.1) is 13.8 Å². The average molecular weight is 271 g/mol. The van der Waals surface area contributed by atoms with Gasteiger partial charge >= 0.3 is 0 Å². The van der Waals surface area contributed by atoms with Gasteiger partial charge < -0.3 is 10.6 Å². The van der Waals surface area contributed by atoms with Gasteiger partial charge in [-0.1, -0.05) is 17.7 Å². The number of benzene rings is 1. The molecule has 5 nitrogen and oxygen atoms in total. The smallest absolute Gasteiger partial charge is 0.245 e. The molecule has 0 atom stereocenters. The van der Waals surface area contributed by atoms with Gasteiger partial charge in [-0.15, -0.1) is 5.10 Å². The van der Waals surface area contributed by atoms with Crippen molar-refractivity contribution in [3.05, 3.63) is 29.3 Å². The number of aromatic amines is 1. The molecule has 0 radical (unpaired) electrons. The lowest BCUT2D eigenvalue weighted by atomic mass is 10.1. The van der Waals surface area contributed by atoms with Crippen molar-refractivity contribution < 1.29 is 0 Å². The number of H-pyrrole nitrogens is 1. The maximum absolute atomic E-state index is 5.93. The fraction of sp³-hybridized carbons (Fsp3) is 0.467. The third kappa shape index (κ3) is 2.54. The van der Waals surface area contributed by atoms with Crippen molar-refractivity contribution in [1.29, 1.82) is 0 Å². The van der Waals surface area contributed by atoms with Crippen molar-refractivity contribution in [2.24, 2.45) is 5.73 Å². The number of nitrogens with zero attached hydrogens (tertiary/aromatic N) is 3. The van der Waals surface area contributed by atoms with Crippen LogP contribution in [0.5, 0.6) is 0 Å². The molecule has 106 valence electrons. The van der Waals surface area contributed by atoms with E-state index in [2.05, 4.69) is 52.1 Å². The van der Waals surface area contributed by atoms with Crippen molar-refractivity contribution in [3.8, 4) is 11.4 Å². The van der Waals surface area contributed by atoms with Gasteiger partial charge in [-0.3, -0.25) is 5.10 Å². The molecule has 0 saturated carbocycles. The highest BCUT2D eigenvalue weighted by Crippen LogP contribution is 2.23. The zero-order chi connectivity index (χ0) is 14.1. The van der Waals surface area contributed by atoms with E-state index < -0.39 is 0 Å². The van der Waals surface area contributed by atoms with Crippen LogP contribution in [0.25, 0.3) is 11.4 Å². The van der Waals surface area contributed by atoms with E-state index in [1.807, 2.05) is 0 Å². The molecule has 1 aromatic heterocycles. The van der Waals surface area contributed by atoms with E-state index in [0.717, 1.165) is 43.3 Å². The summed E-state index contributed by atoms with van der Waals surface area (Å²) in [7, 11) is 0. The summed E-state index contributed by atoms with van der Waals surface area (Å²) in [4.78, 5) is 6.85. The van der Waals surface area contributed by atoms with E-state index in [-0.39, 0.29) is 0 Å². The van der Waals surface area contributed by atoms with E-state index >= 15 is 0 Å². The van der Waals surface area contributed by atoms with Gasteiger partial charge in [-0.2, -0.15) is 4.98 Å². The first-order chi connectivity index (χ1) is 9.63. The number of piperidine rings is 1. The Morgan fingerprint density at radius 3 is 2.75 bits per heavy atom. The predicted octanol–water partition coefficient (Wildman–Crippen LogP) is 2.02. The van der Waals surface area contributed by atoms with E-state index in [4.69, 9.17) is 5.73 Å². The monoisotopic (exact) mass is 271 g/mol. The standard InChI is InChI=1S/C15H21N5/c1-10-3-4-11(2)13(9-10)14-17-15(19-18-14)20-7-5-12(16)6-8-20/h3-4,9,12H,5-8,16H2,1-2H3,(H,17,18,19). The van der Waals surface area contributed by atoms with E-state index in [1.165, 1.54) is 11.1 Å². The Morgan fingerprint density at radius 1 is 1.25 bits per heavy atom. The largest absolute Gasteiger partial charge is 0.339 e. The second kappa shape index (κ2) is 5.25. The molecule has 0 unspecified atom stereocenters. The van der Waals surface area contributed by atoms with Crippen molar-refractivity contribution >= 4 is 5.95 Å². The highest BCUT2D eigenvalue weighted by atomic mass is 15.4. The first-order valence-corrected chi connectivity index (χ1v) is 7.14. The first-order valence-electron chi connectivity index (χ1n) is 7.14. The number of rotatable bonds is 2. The summed E-state index contributed by atoms with van der Waals surface area (Å²) < 4.78 is 0. The summed E-state index contributed by atoms with van der Waals surface area (Å²) >= 11 is 0. The van der Waals surface area contributed by atoms with Crippen LogP contribution < -0.4 is 10.6 Å². The van der Waals surface area contributed by atoms with Crippen LogP contribution in [0.15, 0.2) is 18.2 Å². The van der Waals surface area contributed by atoms with Gasteiger partial charge in [0.25, 0.3) is 0 Å². The van der Waals surface area contributed by atoms with Gasteiger partial charge in [0, 0.05) is 24.7 Å². The number of aryl methyl sites for hydroxylation is 2. The maximum atomic E-state index is 5.93. The number of hydrogen-bond acceptors (Lipinski definition) is 4. The number of nitrogens with one attached hydrogen (secondary N) is 1. The Balaban J connectivity index is 1.85. The summed E-state index contributed by atoms with van der Waals surface area (Å²) in [5.74, 6) is 1.63. The van der Waals surface area contributed by atoms with Gasteiger partial charge in [0.2, 0.25) is 5.95 Å². The third-order valence-corrected chi connectivity index (χ3v) is 3.94. The molecule has 0 bridgehead atoms. The predicted molar refractivity (Wildman–Crippen MR) is 80.7 cm³/mol. The number of hydrogen-bond donors (Lipinski definition) is 2. The molecule has 0 aliphatic carbocycles. The highest BCUT2D eigenvalue weighted by molar-refractivity contribution is 5.62. The van der Waals surface area contributed by atoms with Crippen LogP contribution in [-0.4, -0.2) is 34.3 Å². The Morgan fingerprint density at radius 2 is 2.00 bits per heavy atom. The van der Waals surface area contributed by atoms with E-state index in [1.54, 1.807) is 0 Å². The molecule has 1 aromatic carbocycles. The molecule has 2 aromatic rings. The highest BCUT2D eigenvalue weighted by Gasteiger charge is 2.20. The Kier molecular flexibility index (Phi) is 3.44. The Bertz CT molecular complexity index is 596. The second-order valence-corrected chi connectivity index (χ2v) is 5.63. The van der Waals surface area contributed by atoms with Gasteiger partial charge in [0.15, 0.2) is 5.82 Å². The zero-order valence-corrected chi connectivity index (χ0v) is 12.1. The minimum atomic E-state index is 0.323. The quantitative estimate of drug-likeness (QED) is 0.876. The minimum Gasteiger partial charge on any atom is -0.339 e. The molecule has 1 saturated heterocycles. The van der Waals surface area contributed by atoms with Crippen molar-refractivity contribution in [2.75, 3.05) is 18.0 Å². The van der Waals surface area contributed by atoms with Crippen LogP contribution in [0.3, 0.4) is 0 Å². The summed E-state index contributed by atoms with van der Waals surface area (Å²) in [5, 5.41) is 7.43. The fourth-order valence-electron chi connectivity index (χ4n) is 2.61.